The largest absolute Gasteiger partial charge is 0.253 e. The summed E-state index contributed by atoms with van der Waals surface area (Å²) in [6.07, 6.45) is 6.89. The summed E-state index contributed by atoms with van der Waals surface area (Å²) in [5.41, 5.74) is 4.82. The molecule has 1 aliphatic carbocycles. The predicted octanol–water partition coefficient (Wildman–Crippen LogP) is 2.74. The maximum absolute atomic E-state index is 4.14. The van der Waals surface area contributed by atoms with Crippen LogP contribution in [0.25, 0.3) is 0 Å². The van der Waals surface area contributed by atoms with Crippen LogP contribution in [0, 0.1) is 0 Å². The molecule has 0 N–H and O–H groups in total. The van der Waals surface area contributed by atoms with Gasteiger partial charge in [-0.2, -0.15) is 5.10 Å². The number of aromatic nitrogens is 3. The van der Waals surface area contributed by atoms with Gasteiger partial charge in [-0.25, -0.2) is 4.98 Å². The van der Waals surface area contributed by atoms with Gasteiger partial charge in [-0.1, -0.05) is 32.0 Å². The number of rotatable bonds is 3. The molecular formula is C15H19N3. The third-order valence-electron chi connectivity index (χ3n) is 4.02. The Labute approximate surface area is 108 Å². The monoisotopic (exact) mass is 241 g/mol. The fraction of sp³-hybridized carbons (Fsp3) is 0.467. The van der Waals surface area contributed by atoms with Gasteiger partial charge in [0.25, 0.3) is 0 Å². The van der Waals surface area contributed by atoms with Crippen LogP contribution < -0.4 is 0 Å². The maximum Gasteiger partial charge on any atom is 0.137 e. The van der Waals surface area contributed by atoms with Crippen LogP contribution in [0.2, 0.25) is 0 Å². The second kappa shape index (κ2) is 4.23. The van der Waals surface area contributed by atoms with Gasteiger partial charge in [0.05, 0.1) is 0 Å². The maximum atomic E-state index is 4.14. The first-order chi connectivity index (χ1) is 8.65. The Hall–Kier alpha value is -1.64. The molecule has 0 spiro atoms. The minimum absolute atomic E-state index is 0.346. The summed E-state index contributed by atoms with van der Waals surface area (Å²) in [6.45, 7) is 5.60. The van der Waals surface area contributed by atoms with E-state index < -0.39 is 0 Å². The topological polar surface area (TPSA) is 30.7 Å². The fourth-order valence-corrected chi connectivity index (χ4v) is 2.80. The van der Waals surface area contributed by atoms with Crippen LogP contribution in [0.1, 0.15) is 37.0 Å². The van der Waals surface area contributed by atoms with Crippen LogP contribution in [0.5, 0.6) is 0 Å². The minimum Gasteiger partial charge on any atom is -0.253 e. The molecule has 3 rings (SSSR count). The Kier molecular flexibility index (Phi) is 2.69. The summed E-state index contributed by atoms with van der Waals surface area (Å²) < 4.78 is 1.89. The van der Waals surface area contributed by atoms with Gasteiger partial charge in [0.15, 0.2) is 0 Å². The van der Waals surface area contributed by atoms with Gasteiger partial charge in [0, 0.05) is 6.54 Å². The van der Waals surface area contributed by atoms with Crippen molar-refractivity contribution in [2.45, 2.75) is 45.1 Å². The van der Waals surface area contributed by atoms with E-state index in [1.165, 1.54) is 24.0 Å². The van der Waals surface area contributed by atoms with Crippen molar-refractivity contribution in [3.05, 3.63) is 47.5 Å². The van der Waals surface area contributed by atoms with E-state index in [1.807, 2.05) is 4.68 Å². The van der Waals surface area contributed by atoms with Crippen molar-refractivity contribution in [3.8, 4) is 0 Å². The first kappa shape index (κ1) is 11.5. The van der Waals surface area contributed by atoms with Gasteiger partial charge in [-0.05, 0) is 41.4 Å². The van der Waals surface area contributed by atoms with Crippen molar-refractivity contribution < 1.29 is 0 Å². The summed E-state index contributed by atoms with van der Waals surface area (Å²) >= 11 is 0. The van der Waals surface area contributed by atoms with Crippen molar-refractivity contribution in [1.82, 2.24) is 14.8 Å². The summed E-state index contributed by atoms with van der Waals surface area (Å²) in [4.78, 5) is 3.97. The van der Waals surface area contributed by atoms with Crippen LogP contribution >= 0.6 is 0 Å². The standard InChI is InChI=1S/C15H19N3/c1-15(2)7-5-13-4-3-12(9-14(13)15)6-8-18-11-16-10-17-18/h3-4,9-11H,5-8H2,1-2H3. The van der Waals surface area contributed by atoms with Crippen LogP contribution in [0.15, 0.2) is 30.9 Å². The molecule has 1 aromatic heterocycles. The van der Waals surface area contributed by atoms with Crippen molar-refractivity contribution in [3.63, 3.8) is 0 Å². The highest BCUT2D eigenvalue weighted by molar-refractivity contribution is 5.41. The normalized spacial score (nSPS) is 16.8. The third kappa shape index (κ3) is 2.05. The van der Waals surface area contributed by atoms with E-state index in [9.17, 15) is 0 Å². The molecule has 18 heavy (non-hydrogen) atoms. The van der Waals surface area contributed by atoms with Crippen LogP contribution in [-0.2, 0) is 24.8 Å². The molecule has 1 aromatic carbocycles. The van der Waals surface area contributed by atoms with Crippen molar-refractivity contribution in [2.24, 2.45) is 0 Å². The second-order valence-corrected chi connectivity index (χ2v) is 5.78. The number of hydrogen-bond acceptors (Lipinski definition) is 2. The highest BCUT2D eigenvalue weighted by atomic mass is 15.3. The Bertz CT molecular complexity index is 541. The van der Waals surface area contributed by atoms with E-state index in [2.05, 4.69) is 42.1 Å². The number of hydrogen-bond donors (Lipinski definition) is 0. The number of fused-ring (bicyclic) bond motifs is 1. The summed E-state index contributed by atoms with van der Waals surface area (Å²) in [5, 5.41) is 4.14. The van der Waals surface area contributed by atoms with Crippen LogP contribution in [-0.4, -0.2) is 14.8 Å². The quantitative estimate of drug-likeness (QED) is 0.827. The molecule has 0 radical (unpaired) electrons. The molecule has 0 unspecified atom stereocenters. The van der Waals surface area contributed by atoms with E-state index in [-0.39, 0.29) is 0 Å². The van der Waals surface area contributed by atoms with Gasteiger partial charge >= 0.3 is 0 Å². The molecule has 0 amide bonds. The van der Waals surface area contributed by atoms with E-state index in [1.54, 1.807) is 18.2 Å². The minimum atomic E-state index is 0.346. The lowest BCUT2D eigenvalue weighted by atomic mass is 9.85. The molecule has 0 bridgehead atoms. The summed E-state index contributed by atoms with van der Waals surface area (Å²) in [7, 11) is 0. The average Bonchev–Trinajstić information content (AvgIpc) is 2.96. The number of benzene rings is 1. The highest BCUT2D eigenvalue weighted by Gasteiger charge is 2.29. The number of nitrogens with zero attached hydrogens (tertiary/aromatic N) is 3. The van der Waals surface area contributed by atoms with Gasteiger partial charge < -0.3 is 0 Å². The Morgan fingerprint density at radius 1 is 1.33 bits per heavy atom. The molecule has 0 aliphatic heterocycles. The molecule has 1 aliphatic rings. The van der Waals surface area contributed by atoms with E-state index in [4.69, 9.17) is 0 Å². The molecule has 0 fully saturated rings. The average molecular weight is 241 g/mol. The van der Waals surface area contributed by atoms with Crippen molar-refractivity contribution in [2.75, 3.05) is 0 Å². The zero-order chi connectivity index (χ0) is 12.6. The molecule has 0 atom stereocenters. The number of aryl methyl sites for hydroxylation is 3. The Morgan fingerprint density at radius 3 is 3.00 bits per heavy atom. The molecule has 2 aromatic rings. The first-order valence-corrected chi connectivity index (χ1v) is 6.60. The lowest BCUT2D eigenvalue weighted by molar-refractivity contribution is 0.521. The van der Waals surface area contributed by atoms with Crippen molar-refractivity contribution >= 4 is 0 Å². The van der Waals surface area contributed by atoms with Crippen LogP contribution in [0.3, 0.4) is 0 Å². The zero-order valence-corrected chi connectivity index (χ0v) is 11.1. The lowest BCUT2D eigenvalue weighted by Crippen LogP contribution is -2.12. The third-order valence-corrected chi connectivity index (χ3v) is 4.02. The van der Waals surface area contributed by atoms with Crippen LogP contribution in [0.4, 0.5) is 0 Å². The molecule has 3 heteroatoms. The highest BCUT2D eigenvalue weighted by Crippen LogP contribution is 2.38. The Balaban J connectivity index is 1.78. The molecular weight excluding hydrogens is 222 g/mol. The smallest absolute Gasteiger partial charge is 0.137 e. The molecule has 3 nitrogen and oxygen atoms in total. The lowest BCUT2D eigenvalue weighted by Gasteiger charge is -2.19. The zero-order valence-electron chi connectivity index (χ0n) is 11.1. The molecule has 0 saturated carbocycles. The van der Waals surface area contributed by atoms with E-state index >= 15 is 0 Å². The SMILES string of the molecule is CC1(C)CCc2ccc(CCn3cncn3)cc21. The van der Waals surface area contributed by atoms with E-state index in [0.29, 0.717) is 5.41 Å². The summed E-state index contributed by atoms with van der Waals surface area (Å²) in [5.74, 6) is 0. The van der Waals surface area contributed by atoms with Gasteiger partial charge in [0.1, 0.15) is 12.7 Å². The molecule has 0 saturated heterocycles. The fourth-order valence-electron chi connectivity index (χ4n) is 2.80. The van der Waals surface area contributed by atoms with Gasteiger partial charge in [-0.3, -0.25) is 4.68 Å². The summed E-state index contributed by atoms with van der Waals surface area (Å²) in [6, 6.07) is 6.96. The molecule has 94 valence electrons. The molecule has 1 heterocycles. The predicted molar refractivity (Wildman–Crippen MR) is 71.5 cm³/mol. The van der Waals surface area contributed by atoms with Gasteiger partial charge in [-0.15, -0.1) is 0 Å². The van der Waals surface area contributed by atoms with Crippen molar-refractivity contribution in [1.29, 1.82) is 0 Å². The first-order valence-electron chi connectivity index (χ1n) is 6.60. The van der Waals surface area contributed by atoms with Gasteiger partial charge in [0.2, 0.25) is 0 Å². The van der Waals surface area contributed by atoms with E-state index in [0.717, 1.165) is 13.0 Å². The Morgan fingerprint density at radius 2 is 2.22 bits per heavy atom. The second-order valence-electron chi connectivity index (χ2n) is 5.78.